The zero-order valence-corrected chi connectivity index (χ0v) is 11.2. The van der Waals surface area contributed by atoms with Crippen LogP contribution in [0.4, 0.5) is 4.39 Å². The van der Waals surface area contributed by atoms with E-state index in [1.165, 1.54) is 12.1 Å². The summed E-state index contributed by atoms with van der Waals surface area (Å²) in [7, 11) is 0. The minimum Gasteiger partial charge on any atom is -0.454 e. The fourth-order valence-electron chi connectivity index (χ4n) is 1.74. The van der Waals surface area contributed by atoms with Crippen LogP contribution in [0.5, 0.6) is 11.5 Å². The van der Waals surface area contributed by atoms with Crippen LogP contribution in [0.15, 0.2) is 30.6 Å². The van der Waals surface area contributed by atoms with E-state index in [4.69, 9.17) is 4.74 Å². The molecule has 4 nitrogen and oxygen atoms in total. The first-order valence-corrected chi connectivity index (χ1v) is 6.42. The number of ether oxygens (including phenoxy) is 1. The smallest absolute Gasteiger partial charge is 0.165 e. The van der Waals surface area contributed by atoms with E-state index in [9.17, 15) is 4.39 Å². The first-order chi connectivity index (χ1) is 9.22. The second-order valence-electron chi connectivity index (χ2n) is 4.17. The molecule has 0 bridgehead atoms. The summed E-state index contributed by atoms with van der Waals surface area (Å²) >= 11 is 0. The van der Waals surface area contributed by atoms with E-state index >= 15 is 0 Å². The maximum Gasteiger partial charge on any atom is 0.165 e. The third kappa shape index (κ3) is 3.54. The molecule has 2 rings (SSSR count). The van der Waals surface area contributed by atoms with Gasteiger partial charge >= 0.3 is 0 Å². The quantitative estimate of drug-likeness (QED) is 0.871. The molecule has 0 amide bonds. The van der Waals surface area contributed by atoms with Gasteiger partial charge in [0.1, 0.15) is 11.6 Å². The van der Waals surface area contributed by atoms with Crippen LogP contribution in [0.25, 0.3) is 0 Å². The van der Waals surface area contributed by atoms with Crippen LogP contribution in [-0.2, 0) is 13.1 Å². The maximum absolute atomic E-state index is 13.3. The average Bonchev–Trinajstić information content (AvgIpc) is 2.86. The van der Waals surface area contributed by atoms with Crippen LogP contribution in [-0.4, -0.2) is 16.3 Å². The number of hydrogen-bond donors (Lipinski definition) is 1. The van der Waals surface area contributed by atoms with Gasteiger partial charge in [0.2, 0.25) is 0 Å². The number of aryl methyl sites for hydroxylation is 1. The SMILES string of the molecule is CCNCc1cc(F)ccc1Oc1cnn(CC)c1. The van der Waals surface area contributed by atoms with Gasteiger partial charge < -0.3 is 10.1 Å². The van der Waals surface area contributed by atoms with Gasteiger partial charge in [0.05, 0.1) is 12.4 Å². The Morgan fingerprint density at radius 1 is 1.37 bits per heavy atom. The first-order valence-electron chi connectivity index (χ1n) is 6.42. The molecule has 1 N–H and O–H groups in total. The van der Waals surface area contributed by atoms with E-state index in [2.05, 4.69) is 10.4 Å². The highest BCUT2D eigenvalue weighted by molar-refractivity contribution is 5.37. The summed E-state index contributed by atoms with van der Waals surface area (Å²) in [6.07, 6.45) is 3.48. The third-order valence-electron chi connectivity index (χ3n) is 2.75. The second kappa shape index (κ2) is 6.33. The fourth-order valence-corrected chi connectivity index (χ4v) is 1.74. The number of aromatic nitrogens is 2. The van der Waals surface area contributed by atoms with Crippen molar-refractivity contribution in [1.82, 2.24) is 15.1 Å². The van der Waals surface area contributed by atoms with Crippen molar-refractivity contribution in [3.63, 3.8) is 0 Å². The van der Waals surface area contributed by atoms with Crippen LogP contribution >= 0.6 is 0 Å². The van der Waals surface area contributed by atoms with E-state index < -0.39 is 0 Å². The van der Waals surface area contributed by atoms with Crippen molar-refractivity contribution in [3.8, 4) is 11.5 Å². The summed E-state index contributed by atoms with van der Waals surface area (Å²) in [4.78, 5) is 0. The molecule has 0 aliphatic rings. The molecule has 102 valence electrons. The summed E-state index contributed by atoms with van der Waals surface area (Å²) in [5.74, 6) is 1.05. The normalized spacial score (nSPS) is 10.7. The van der Waals surface area contributed by atoms with E-state index in [0.717, 1.165) is 18.7 Å². The molecule has 0 atom stereocenters. The van der Waals surface area contributed by atoms with Gasteiger partial charge in [0, 0.05) is 18.7 Å². The molecule has 0 saturated carbocycles. The van der Waals surface area contributed by atoms with Gasteiger partial charge in [-0.2, -0.15) is 5.10 Å². The Kier molecular flexibility index (Phi) is 4.52. The molecule has 1 heterocycles. The lowest BCUT2D eigenvalue weighted by atomic mass is 10.2. The van der Waals surface area contributed by atoms with Crippen molar-refractivity contribution in [1.29, 1.82) is 0 Å². The van der Waals surface area contributed by atoms with E-state index in [1.54, 1.807) is 16.9 Å². The zero-order chi connectivity index (χ0) is 13.7. The van der Waals surface area contributed by atoms with Gasteiger partial charge in [-0.3, -0.25) is 4.68 Å². The maximum atomic E-state index is 13.3. The highest BCUT2D eigenvalue weighted by atomic mass is 19.1. The molecule has 1 aromatic heterocycles. The molecule has 0 spiro atoms. The Morgan fingerprint density at radius 3 is 2.89 bits per heavy atom. The topological polar surface area (TPSA) is 39.1 Å². The van der Waals surface area contributed by atoms with E-state index in [0.29, 0.717) is 18.0 Å². The Morgan fingerprint density at radius 2 is 2.21 bits per heavy atom. The number of rotatable bonds is 6. The number of benzene rings is 1. The molecule has 19 heavy (non-hydrogen) atoms. The Hall–Kier alpha value is -1.88. The summed E-state index contributed by atoms with van der Waals surface area (Å²) < 4.78 is 20.8. The van der Waals surface area contributed by atoms with Crippen molar-refractivity contribution in [3.05, 3.63) is 42.0 Å². The zero-order valence-electron chi connectivity index (χ0n) is 11.2. The van der Waals surface area contributed by atoms with Crippen molar-refractivity contribution in [2.24, 2.45) is 0 Å². The molecule has 1 aromatic carbocycles. The van der Waals surface area contributed by atoms with E-state index in [-0.39, 0.29) is 5.82 Å². The van der Waals surface area contributed by atoms with Crippen LogP contribution in [0, 0.1) is 5.82 Å². The van der Waals surface area contributed by atoms with Crippen LogP contribution < -0.4 is 10.1 Å². The molecule has 5 heteroatoms. The number of hydrogen-bond acceptors (Lipinski definition) is 3. The summed E-state index contributed by atoms with van der Waals surface area (Å²) in [5, 5.41) is 7.31. The van der Waals surface area contributed by atoms with Crippen molar-refractivity contribution in [2.75, 3.05) is 6.54 Å². The fraction of sp³-hybridized carbons (Fsp3) is 0.357. The second-order valence-corrected chi connectivity index (χ2v) is 4.17. The number of nitrogens with one attached hydrogen (secondary N) is 1. The van der Waals surface area contributed by atoms with Gasteiger partial charge in [-0.1, -0.05) is 6.92 Å². The molecule has 0 radical (unpaired) electrons. The molecule has 0 unspecified atom stereocenters. The Labute approximate surface area is 112 Å². The molecule has 0 saturated heterocycles. The van der Waals surface area contributed by atoms with Crippen LogP contribution in [0.3, 0.4) is 0 Å². The van der Waals surface area contributed by atoms with Crippen LogP contribution in [0.2, 0.25) is 0 Å². The van der Waals surface area contributed by atoms with Gasteiger partial charge in [-0.05, 0) is 31.7 Å². The molecule has 0 fully saturated rings. The minimum absolute atomic E-state index is 0.260. The van der Waals surface area contributed by atoms with E-state index in [1.807, 2.05) is 20.0 Å². The van der Waals surface area contributed by atoms with Gasteiger partial charge in [0.15, 0.2) is 5.75 Å². The van der Waals surface area contributed by atoms with Crippen molar-refractivity contribution >= 4 is 0 Å². The molecular formula is C14H18FN3O. The Balaban J connectivity index is 2.18. The lowest BCUT2D eigenvalue weighted by molar-refractivity contribution is 0.469. The largest absolute Gasteiger partial charge is 0.454 e. The van der Waals surface area contributed by atoms with Crippen LogP contribution in [0.1, 0.15) is 19.4 Å². The van der Waals surface area contributed by atoms with Gasteiger partial charge in [-0.25, -0.2) is 4.39 Å². The minimum atomic E-state index is -0.260. The summed E-state index contributed by atoms with van der Waals surface area (Å²) in [5.41, 5.74) is 0.797. The summed E-state index contributed by atoms with van der Waals surface area (Å²) in [6.45, 7) is 6.20. The Bertz CT molecular complexity index is 539. The van der Waals surface area contributed by atoms with Crippen molar-refractivity contribution < 1.29 is 9.13 Å². The highest BCUT2D eigenvalue weighted by Gasteiger charge is 2.07. The lowest BCUT2D eigenvalue weighted by Crippen LogP contribution is -2.12. The molecule has 2 aromatic rings. The molecular weight excluding hydrogens is 245 g/mol. The summed E-state index contributed by atoms with van der Waals surface area (Å²) in [6, 6.07) is 4.53. The predicted octanol–water partition coefficient (Wildman–Crippen LogP) is 2.94. The standard InChI is InChI=1S/C14H18FN3O/c1-3-16-8-11-7-12(15)5-6-14(11)19-13-9-17-18(4-2)10-13/h5-7,9-10,16H,3-4,8H2,1-2H3. The number of halogens is 1. The highest BCUT2D eigenvalue weighted by Crippen LogP contribution is 2.25. The van der Waals surface area contributed by atoms with Gasteiger partial charge in [-0.15, -0.1) is 0 Å². The third-order valence-corrected chi connectivity index (χ3v) is 2.75. The lowest BCUT2D eigenvalue weighted by Gasteiger charge is -2.10. The van der Waals surface area contributed by atoms with Gasteiger partial charge in [0.25, 0.3) is 0 Å². The number of nitrogens with zero attached hydrogens (tertiary/aromatic N) is 2. The molecule has 0 aliphatic heterocycles. The average molecular weight is 263 g/mol. The molecule has 0 aliphatic carbocycles. The first kappa shape index (κ1) is 13.5. The predicted molar refractivity (Wildman–Crippen MR) is 71.8 cm³/mol. The monoisotopic (exact) mass is 263 g/mol. The van der Waals surface area contributed by atoms with Crippen molar-refractivity contribution in [2.45, 2.75) is 26.9 Å².